The molecule has 1 aliphatic rings. The molecule has 0 bridgehead atoms. The van der Waals surface area contributed by atoms with Crippen molar-refractivity contribution in [1.82, 2.24) is 44.9 Å². The monoisotopic (exact) mass is 1010 g/mol. The molecule has 6 rings (SSSR count). The van der Waals surface area contributed by atoms with E-state index in [2.05, 4.69) is 56.3 Å². The van der Waals surface area contributed by atoms with Gasteiger partial charge in [-0.1, -0.05) is 23.0 Å². The number of rotatable bonds is 15. The van der Waals surface area contributed by atoms with Crippen LogP contribution in [-0.2, 0) is 22.6 Å². The topological polar surface area (TPSA) is 530 Å². The van der Waals surface area contributed by atoms with Gasteiger partial charge in [-0.2, -0.15) is 0 Å². The second-order valence-electron chi connectivity index (χ2n) is 12.7. The fraction of sp³-hybridized carbons (Fsp3) is 0.368. The number of nitrogens with zero attached hydrogens (tertiary/aromatic N) is 14. The standard InChI is InChI=1S/C10H12N6O3.C10H14N6O.C7H5N3O2.C6H8O6.C3H7N3O.CH4O.CH4.Na/c11-7-2-3-12-9(10(7)16(18)19)8-6-15(14-13-8)4-1-5-17;11-7-2-3-13-10(9(7)12)8-6-16(15-14-8)4-1-5-17;1-2-6-7(10(11)12)5(8)3-4-9-6;7-1-2(8)5-3(9)4(10)6(11)12-5;4-6-5-2-1-3-7;1-2;;/h2-3,6,17H,1,4-5H2,(H2,11,12);2-3,6,17H,1,4-5,12H2,(H2,11,13);1,3-4H,(H2,8,9);2,5,7-10H,1H2;7H,1-3H2;2H,1H3;1H4;/q;;;;;;;+1/p-1/t;;;2-,5+;;;;/m...0..../s1. The van der Waals surface area contributed by atoms with Crippen molar-refractivity contribution in [2.24, 2.45) is 5.11 Å². The number of ether oxygens (including phenoxy) is 1. The molecule has 0 unspecified atom stereocenters. The Balaban J connectivity index is 0. The van der Waals surface area contributed by atoms with Gasteiger partial charge in [-0.05, 0) is 54.7 Å². The third-order valence-corrected chi connectivity index (χ3v) is 8.03. The number of carbonyl (C=O) groups excluding carboxylic acids is 1. The maximum atomic E-state index is 11.0. The average Bonchev–Trinajstić information content (AvgIpc) is 4.09. The number of aryl methyl sites for hydroxylation is 2. The molecule has 33 heteroatoms. The molecular weight excluding hydrogens is 956 g/mol. The molecule has 0 amide bonds. The number of carbonyl (C=O) groups is 1. The van der Waals surface area contributed by atoms with Crippen molar-refractivity contribution < 1.29 is 89.8 Å². The zero-order chi connectivity index (χ0) is 52.1. The van der Waals surface area contributed by atoms with Crippen LogP contribution in [0.15, 0.2) is 65.8 Å². The summed E-state index contributed by atoms with van der Waals surface area (Å²) in [5.74, 6) is -1.12. The third kappa shape index (κ3) is 20.7. The fourth-order valence-corrected chi connectivity index (χ4v) is 4.80. The second kappa shape index (κ2) is 35.3. The first-order valence-electron chi connectivity index (χ1n) is 19.4. The van der Waals surface area contributed by atoms with Crippen LogP contribution in [0.25, 0.3) is 33.2 Å². The molecule has 0 aliphatic carbocycles. The molecule has 15 N–H and O–H groups in total. The number of pyridine rings is 3. The number of aliphatic hydroxyl groups is 7. The summed E-state index contributed by atoms with van der Waals surface area (Å²) in [6.45, 7) is 1.01. The van der Waals surface area contributed by atoms with Crippen molar-refractivity contribution in [2.75, 3.05) is 63.0 Å². The second-order valence-corrected chi connectivity index (χ2v) is 12.7. The largest absolute Gasteiger partial charge is 1.00 e. The van der Waals surface area contributed by atoms with Gasteiger partial charge in [-0.3, -0.25) is 34.6 Å². The predicted octanol–water partition coefficient (Wildman–Crippen LogP) is -4.02. The Morgan fingerprint density at radius 3 is 1.73 bits per heavy atom. The first kappa shape index (κ1) is 65.3. The van der Waals surface area contributed by atoms with Crippen molar-refractivity contribution in [3.05, 3.63) is 97.1 Å². The van der Waals surface area contributed by atoms with Crippen LogP contribution in [0.1, 0.15) is 32.4 Å². The van der Waals surface area contributed by atoms with E-state index in [9.17, 15) is 30.1 Å². The Bertz CT molecular complexity index is 2550. The molecule has 5 aromatic rings. The van der Waals surface area contributed by atoms with Crippen LogP contribution in [0, 0.1) is 32.6 Å². The molecule has 0 spiro atoms. The summed E-state index contributed by atoms with van der Waals surface area (Å²) in [4.78, 5) is 44.8. The smallest absolute Gasteiger partial charge is 0.870 e. The Kier molecular flexibility index (Phi) is 32.4. The van der Waals surface area contributed by atoms with Crippen LogP contribution in [-0.4, -0.2) is 149 Å². The first-order chi connectivity index (χ1) is 33.0. The molecule has 0 radical (unpaired) electrons. The fourth-order valence-electron chi connectivity index (χ4n) is 4.80. The summed E-state index contributed by atoms with van der Waals surface area (Å²) >= 11 is 0. The molecule has 0 fully saturated rings. The molecule has 2 atom stereocenters. The number of nitrogen functional groups attached to an aromatic ring is 4. The van der Waals surface area contributed by atoms with Crippen LogP contribution >= 0.6 is 0 Å². The number of esters is 1. The van der Waals surface area contributed by atoms with Gasteiger partial charge in [0.25, 0.3) is 0 Å². The summed E-state index contributed by atoms with van der Waals surface area (Å²) in [6.07, 6.45) is 11.3. The van der Waals surface area contributed by atoms with E-state index in [1.165, 1.54) is 35.4 Å². The van der Waals surface area contributed by atoms with Gasteiger partial charge in [-0.15, -0.1) is 16.6 Å². The maximum absolute atomic E-state index is 11.0. The van der Waals surface area contributed by atoms with E-state index in [1.54, 1.807) is 23.1 Å². The van der Waals surface area contributed by atoms with E-state index in [-0.39, 0.29) is 96.6 Å². The number of aromatic nitrogens is 9. The molecule has 380 valence electrons. The van der Waals surface area contributed by atoms with Crippen molar-refractivity contribution >= 4 is 40.1 Å². The molecule has 5 aromatic heterocycles. The minimum atomic E-state index is -1.48. The number of hydrogen-bond donors (Lipinski definition) is 11. The molecule has 6 heterocycles. The molecule has 1 aliphatic heterocycles. The Morgan fingerprint density at radius 1 is 0.845 bits per heavy atom. The van der Waals surface area contributed by atoms with E-state index in [4.69, 9.17) is 70.6 Å². The van der Waals surface area contributed by atoms with Crippen LogP contribution in [0.4, 0.5) is 34.1 Å². The van der Waals surface area contributed by atoms with Gasteiger partial charge in [0.15, 0.2) is 17.1 Å². The van der Waals surface area contributed by atoms with Gasteiger partial charge in [0, 0.05) is 70.1 Å². The van der Waals surface area contributed by atoms with Crippen LogP contribution in [0.2, 0.25) is 0 Å². The molecule has 0 saturated carbocycles. The maximum Gasteiger partial charge on any atom is 1.00 e. The van der Waals surface area contributed by atoms with E-state index in [0.29, 0.717) is 61.7 Å². The number of nitrogens with two attached hydrogens (primary N) is 4. The van der Waals surface area contributed by atoms with Gasteiger partial charge in [0.2, 0.25) is 0 Å². The SMILES string of the molecule is C.C#Cc1nccc(N)c1[N+](=O)[O-].CO.Nc1ccnc(-c2cn(CCCO)nn2)c1N.Nc1ccnc(-c2cn(CCCO)nn2)c1[N+](=O)[O-].O=C1O[C@H]([C@@H](O)CO)C([O-])=C1O.[N-]=[N+]=NCCCO.[Na+]. The summed E-state index contributed by atoms with van der Waals surface area (Å²) in [6, 6.07) is 4.33. The average molecular weight is 1010 g/mol. The first-order valence-corrected chi connectivity index (χ1v) is 19.4. The minimum Gasteiger partial charge on any atom is -0.870 e. The summed E-state index contributed by atoms with van der Waals surface area (Å²) < 4.78 is 7.37. The molecule has 32 nitrogen and oxygen atoms in total. The number of aliphatic hydroxyl groups excluding tert-OH is 7. The van der Waals surface area contributed by atoms with Crippen molar-refractivity contribution in [1.29, 1.82) is 0 Å². The van der Waals surface area contributed by atoms with Gasteiger partial charge in [0.05, 0.1) is 40.2 Å². The van der Waals surface area contributed by atoms with Gasteiger partial charge < -0.3 is 68.5 Å². The molecule has 0 aromatic carbocycles. The number of terminal acetylenes is 1. The van der Waals surface area contributed by atoms with Crippen LogP contribution in [0.5, 0.6) is 0 Å². The Hall–Kier alpha value is -7.83. The van der Waals surface area contributed by atoms with E-state index in [1.807, 2.05) is 0 Å². The van der Waals surface area contributed by atoms with Gasteiger partial charge in [0.1, 0.15) is 40.7 Å². The zero-order valence-electron chi connectivity index (χ0n) is 37.5. The van der Waals surface area contributed by atoms with Crippen LogP contribution < -0.4 is 57.6 Å². The number of cyclic esters (lactones) is 1. The van der Waals surface area contributed by atoms with E-state index in [0.717, 1.165) is 7.11 Å². The molecular formula is C38H53N18NaO14. The van der Waals surface area contributed by atoms with Gasteiger partial charge in [-0.25, -0.2) is 14.8 Å². The number of azide groups is 1. The molecule has 71 heavy (non-hydrogen) atoms. The van der Waals surface area contributed by atoms with Crippen LogP contribution in [0.3, 0.4) is 0 Å². The van der Waals surface area contributed by atoms with E-state index < -0.39 is 46.1 Å². The number of hydrogen-bond acceptors (Lipinski definition) is 26. The Labute approximate surface area is 425 Å². The van der Waals surface area contributed by atoms with Crippen molar-refractivity contribution in [3.8, 4) is 35.1 Å². The minimum absolute atomic E-state index is 0. The number of nitro groups is 2. The van der Waals surface area contributed by atoms with Crippen molar-refractivity contribution in [2.45, 2.75) is 52.0 Å². The summed E-state index contributed by atoms with van der Waals surface area (Å²) in [5.41, 5.74) is 31.8. The van der Waals surface area contributed by atoms with Gasteiger partial charge >= 0.3 is 46.9 Å². The zero-order valence-corrected chi connectivity index (χ0v) is 39.5. The molecule has 0 saturated heterocycles. The third-order valence-electron chi connectivity index (χ3n) is 8.03. The summed E-state index contributed by atoms with van der Waals surface area (Å²) in [5, 5.41) is 109. The predicted molar refractivity (Wildman–Crippen MR) is 246 cm³/mol. The number of anilines is 4. The quantitative estimate of drug-likeness (QED) is 0.00547. The van der Waals surface area contributed by atoms with E-state index >= 15 is 0 Å². The Morgan fingerprint density at radius 2 is 1.31 bits per heavy atom. The normalized spacial score (nSPS) is 12.1. The van der Waals surface area contributed by atoms with Crippen molar-refractivity contribution in [3.63, 3.8) is 0 Å². The summed E-state index contributed by atoms with van der Waals surface area (Å²) in [7, 11) is 1.00.